The molecule has 2 aliphatic heterocycles. The minimum absolute atomic E-state index is 0.0524. The van der Waals surface area contributed by atoms with Crippen LogP contribution in [0.25, 0.3) is 50.1 Å². The summed E-state index contributed by atoms with van der Waals surface area (Å²) in [6.45, 7) is 0.0524. The third-order valence-electron chi connectivity index (χ3n) is 11.5. The van der Waals surface area contributed by atoms with E-state index >= 15 is 0 Å². The molecule has 248 valence electrons. The lowest BCUT2D eigenvalue weighted by Gasteiger charge is -2.44. The summed E-state index contributed by atoms with van der Waals surface area (Å²) in [5.74, 6) is 1.08. The van der Waals surface area contributed by atoms with E-state index in [1.165, 1.54) is 55.8 Å². The van der Waals surface area contributed by atoms with Crippen LogP contribution in [0.1, 0.15) is 17.7 Å². The number of anilines is 6. The van der Waals surface area contributed by atoms with Gasteiger partial charge in [-0.3, -0.25) is 0 Å². The predicted octanol–water partition coefficient (Wildman–Crippen LogP) is 11.0. The first kappa shape index (κ1) is 28.9. The molecule has 0 saturated carbocycles. The zero-order chi connectivity index (χ0) is 34.6. The summed E-state index contributed by atoms with van der Waals surface area (Å²) >= 11 is 0. The van der Waals surface area contributed by atoms with Gasteiger partial charge in [-0.15, -0.1) is 0 Å². The van der Waals surface area contributed by atoms with Crippen molar-refractivity contribution in [2.24, 2.45) is 0 Å². The second kappa shape index (κ2) is 10.9. The Hall–Kier alpha value is -6.72. The van der Waals surface area contributed by atoms with Gasteiger partial charge in [0, 0.05) is 62.3 Å². The Labute approximate surface area is 306 Å². The lowest BCUT2D eigenvalue weighted by atomic mass is 9.33. The first-order chi connectivity index (χ1) is 26.3. The average Bonchev–Trinajstić information content (AvgIpc) is 3.78. The average molecular weight is 679 g/mol. The molecule has 0 atom stereocenters. The largest absolute Gasteiger partial charge is 0.460 e. The lowest BCUT2D eigenvalue weighted by Crippen LogP contribution is -2.61. The quantitative estimate of drug-likeness (QED) is 0.174. The lowest BCUT2D eigenvalue weighted by molar-refractivity contribution is 0.546. The van der Waals surface area contributed by atoms with E-state index in [1.807, 2.05) is 6.07 Å². The maximum Gasteiger partial charge on any atom is 0.252 e. The van der Waals surface area contributed by atoms with E-state index in [-0.39, 0.29) is 6.71 Å². The number of para-hydroxylation sites is 3. The summed E-state index contributed by atoms with van der Waals surface area (Å²) in [5, 5.41) is 3.40. The van der Waals surface area contributed by atoms with Gasteiger partial charge in [0.2, 0.25) is 0 Å². The van der Waals surface area contributed by atoms with E-state index in [4.69, 9.17) is 8.83 Å². The van der Waals surface area contributed by atoms with E-state index in [0.717, 1.165) is 62.9 Å². The fourth-order valence-corrected chi connectivity index (χ4v) is 9.18. The van der Waals surface area contributed by atoms with E-state index in [9.17, 15) is 0 Å². The predicted molar refractivity (Wildman–Crippen MR) is 220 cm³/mol. The molecule has 53 heavy (non-hydrogen) atoms. The smallest absolute Gasteiger partial charge is 0.252 e. The number of hydrogen-bond acceptors (Lipinski definition) is 4. The number of fused-ring (bicyclic) bond motifs is 10. The van der Waals surface area contributed by atoms with Gasteiger partial charge in [-0.05, 0) is 101 Å². The normalized spacial score (nSPS) is 14.1. The van der Waals surface area contributed by atoms with Crippen molar-refractivity contribution in [1.29, 1.82) is 0 Å². The number of furan rings is 2. The molecule has 0 saturated heterocycles. The molecule has 0 bridgehead atoms. The van der Waals surface area contributed by atoms with Gasteiger partial charge < -0.3 is 18.6 Å². The van der Waals surface area contributed by atoms with E-state index in [0.29, 0.717) is 0 Å². The molecule has 4 heterocycles. The molecule has 0 unspecified atom stereocenters. The molecular formula is C48H31BN2O2. The van der Waals surface area contributed by atoms with Crippen molar-refractivity contribution < 1.29 is 8.83 Å². The molecule has 0 amide bonds. The van der Waals surface area contributed by atoms with Crippen molar-refractivity contribution in [3.05, 3.63) is 169 Å². The van der Waals surface area contributed by atoms with Crippen molar-refractivity contribution in [2.75, 3.05) is 9.80 Å². The Kier molecular flexibility index (Phi) is 5.95. The Morgan fingerprint density at radius 1 is 0.472 bits per heavy atom. The highest BCUT2D eigenvalue weighted by Crippen LogP contribution is 2.47. The van der Waals surface area contributed by atoms with Crippen molar-refractivity contribution in [3.63, 3.8) is 0 Å². The maximum absolute atomic E-state index is 6.38. The highest BCUT2D eigenvalue weighted by molar-refractivity contribution is 7.00. The fraction of sp³-hybridized carbons (Fsp3) is 0.0417. The zero-order valence-corrected chi connectivity index (χ0v) is 28.8. The Morgan fingerprint density at radius 2 is 1.08 bits per heavy atom. The van der Waals surface area contributed by atoms with E-state index in [2.05, 4.69) is 168 Å². The fourth-order valence-electron chi connectivity index (χ4n) is 9.18. The number of hydrogen-bond donors (Lipinski definition) is 0. The summed E-state index contributed by atoms with van der Waals surface area (Å²) < 4.78 is 12.7. The Morgan fingerprint density at radius 3 is 1.81 bits per heavy atom. The SMILES string of the molecule is C1=Cc2c(oc3ccc(N4c5ccccc5B5c6ccccc6N(c6ccc7oc8ccccc8c7c6)c6cc(-c7ccccc7)cc4c65)cc23)CC1. The standard InChI is InChI=1S/C48H31BN2O2/c1-2-12-30(13-3-1)31-26-42-48-43(27-31)51(33-23-25-47-37(29-33)35-15-5-11-21-45(35)53-47)41-19-9-7-17-39(41)49(48)38-16-6-8-18-40(38)50(42)32-22-24-46-36(28-32)34-14-4-10-20-44(34)52-46/h1-10,12-20,22-29H,11,21H2. The van der Waals surface area contributed by atoms with Gasteiger partial charge in [-0.1, -0.05) is 97.1 Å². The van der Waals surface area contributed by atoms with Crippen LogP contribution in [0.4, 0.5) is 34.1 Å². The van der Waals surface area contributed by atoms with Crippen LogP contribution < -0.4 is 26.2 Å². The van der Waals surface area contributed by atoms with Gasteiger partial charge in [0.15, 0.2) is 0 Å². The Balaban J connectivity index is 1.17. The monoisotopic (exact) mass is 678 g/mol. The van der Waals surface area contributed by atoms with Gasteiger partial charge in [-0.2, -0.15) is 0 Å². The van der Waals surface area contributed by atoms with Crippen molar-refractivity contribution in [2.45, 2.75) is 12.8 Å². The number of aryl methyl sites for hydroxylation is 1. The molecule has 1 aliphatic carbocycles. The van der Waals surface area contributed by atoms with Gasteiger partial charge in [-0.25, -0.2) is 0 Å². The first-order valence-electron chi connectivity index (χ1n) is 18.4. The molecule has 12 rings (SSSR count). The van der Waals surface area contributed by atoms with Crippen molar-refractivity contribution in [1.82, 2.24) is 0 Å². The van der Waals surface area contributed by atoms with E-state index in [1.54, 1.807) is 0 Å². The summed E-state index contributed by atoms with van der Waals surface area (Å²) in [6, 6.07) is 55.2. The van der Waals surface area contributed by atoms with Crippen LogP contribution in [-0.2, 0) is 6.42 Å². The number of rotatable bonds is 3. The van der Waals surface area contributed by atoms with Crippen LogP contribution in [0.3, 0.4) is 0 Å². The highest BCUT2D eigenvalue weighted by Gasteiger charge is 2.43. The second-order valence-electron chi connectivity index (χ2n) is 14.4. The third kappa shape index (κ3) is 4.13. The van der Waals surface area contributed by atoms with Crippen LogP contribution >= 0.6 is 0 Å². The molecule has 0 spiro atoms. The minimum Gasteiger partial charge on any atom is -0.460 e. The molecule has 3 aliphatic rings. The second-order valence-corrected chi connectivity index (χ2v) is 14.4. The van der Waals surface area contributed by atoms with Crippen LogP contribution in [-0.4, -0.2) is 6.71 Å². The van der Waals surface area contributed by atoms with Crippen molar-refractivity contribution in [3.8, 4) is 11.1 Å². The van der Waals surface area contributed by atoms with E-state index < -0.39 is 0 Å². The maximum atomic E-state index is 6.38. The number of benzene rings is 7. The molecule has 4 nitrogen and oxygen atoms in total. The molecular weight excluding hydrogens is 647 g/mol. The first-order valence-corrected chi connectivity index (χ1v) is 18.4. The number of nitrogens with zero attached hydrogens (tertiary/aromatic N) is 2. The van der Waals surface area contributed by atoms with Crippen LogP contribution in [0.5, 0.6) is 0 Å². The molecule has 0 fully saturated rings. The topological polar surface area (TPSA) is 32.8 Å². The summed E-state index contributed by atoms with van der Waals surface area (Å²) in [6.07, 6.45) is 6.45. The zero-order valence-electron chi connectivity index (χ0n) is 28.8. The Bertz CT molecular complexity index is 2990. The minimum atomic E-state index is 0.0524. The third-order valence-corrected chi connectivity index (χ3v) is 11.5. The summed E-state index contributed by atoms with van der Waals surface area (Å²) in [7, 11) is 0. The van der Waals surface area contributed by atoms with Gasteiger partial charge in [0.1, 0.15) is 22.5 Å². The summed E-state index contributed by atoms with van der Waals surface area (Å²) in [5.41, 5.74) is 17.2. The molecule has 9 aromatic rings. The molecule has 2 aromatic heterocycles. The van der Waals surface area contributed by atoms with Crippen LogP contribution in [0, 0.1) is 0 Å². The molecule has 7 aromatic carbocycles. The summed E-state index contributed by atoms with van der Waals surface area (Å²) in [4.78, 5) is 4.96. The highest BCUT2D eigenvalue weighted by atomic mass is 16.3. The van der Waals surface area contributed by atoms with Crippen LogP contribution in [0.15, 0.2) is 167 Å². The van der Waals surface area contributed by atoms with Crippen LogP contribution in [0.2, 0.25) is 0 Å². The van der Waals surface area contributed by atoms with Gasteiger partial charge in [0.25, 0.3) is 6.71 Å². The molecule has 0 radical (unpaired) electrons. The molecule has 5 heteroatoms. The number of allylic oxidation sites excluding steroid dienone is 1. The van der Waals surface area contributed by atoms with Crippen molar-refractivity contribution >= 4 is 96.2 Å². The molecule has 0 N–H and O–H groups in total. The van der Waals surface area contributed by atoms with Gasteiger partial charge in [0.05, 0.1) is 0 Å². The van der Waals surface area contributed by atoms with Gasteiger partial charge >= 0.3 is 0 Å².